The van der Waals surface area contributed by atoms with E-state index in [2.05, 4.69) is 4.98 Å². The minimum atomic E-state index is -0.590. The molecule has 5 nitrogen and oxygen atoms in total. The zero-order chi connectivity index (χ0) is 9.14. The Morgan fingerprint density at radius 1 is 1.75 bits per heavy atom. The number of aryl methyl sites for hydroxylation is 1. The van der Waals surface area contributed by atoms with Crippen molar-refractivity contribution in [3.8, 4) is 6.07 Å². The lowest BCUT2D eigenvalue weighted by Crippen LogP contribution is -1.95. The van der Waals surface area contributed by atoms with Crippen molar-refractivity contribution in [1.29, 1.82) is 5.26 Å². The van der Waals surface area contributed by atoms with Crippen LogP contribution in [0.1, 0.15) is 11.3 Å². The lowest BCUT2D eigenvalue weighted by atomic mass is 10.2. The first kappa shape index (κ1) is 8.14. The highest BCUT2D eigenvalue weighted by Crippen LogP contribution is 2.17. The third-order valence-electron chi connectivity index (χ3n) is 1.43. The van der Waals surface area contributed by atoms with Gasteiger partial charge in [0.1, 0.15) is 6.07 Å². The lowest BCUT2D eigenvalue weighted by Gasteiger charge is -1.95. The molecule has 0 N–H and O–H groups in total. The predicted molar refractivity (Wildman–Crippen MR) is 40.3 cm³/mol. The molecule has 1 heterocycles. The van der Waals surface area contributed by atoms with Crippen LogP contribution in [0.2, 0.25) is 0 Å². The molecule has 1 aromatic rings. The molecule has 1 rings (SSSR count). The van der Waals surface area contributed by atoms with Gasteiger partial charge in [-0.25, -0.2) is 0 Å². The fourth-order valence-corrected chi connectivity index (χ4v) is 0.843. The van der Waals surface area contributed by atoms with Gasteiger partial charge in [0.05, 0.1) is 10.6 Å². The molecular weight excluding hydrogens is 158 g/mol. The molecule has 0 aliphatic heterocycles. The highest BCUT2D eigenvalue weighted by atomic mass is 16.6. The summed E-state index contributed by atoms with van der Waals surface area (Å²) >= 11 is 0. The summed E-state index contributed by atoms with van der Waals surface area (Å²) in [5, 5.41) is 18.9. The number of rotatable bonds is 1. The van der Waals surface area contributed by atoms with Gasteiger partial charge >= 0.3 is 0 Å². The van der Waals surface area contributed by atoms with Crippen molar-refractivity contribution in [3.05, 3.63) is 33.6 Å². The Hall–Kier alpha value is -1.96. The van der Waals surface area contributed by atoms with Gasteiger partial charge in [-0.15, -0.1) is 0 Å². The Morgan fingerprint density at radius 2 is 2.42 bits per heavy atom. The minimum Gasteiger partial charge on any atom is -0.260 e. The van der Waals surface area contributed by atoms with Crippen molar-refractivity contribution in [2.75, 3.05) is 0 Å². The van der Waals surface area contributed by atoms with Crippen LogP contribution in [0.4, 0.5) is 5.69 Å². The Kier molecular flexibility index (Phi) is 2.01. The van der Waals surface area contributed by atoms with E-state index in [1.54, 1.807) is 13.0 Å². The average Bonchev–Trinajstić information content (AvgIpc) is 2.03. The van der Waals surface area contributed by atoms with Gasteiger partial charge in [-0.3, -0.25) is 15.1 Å². The maximum Gasteiger partial charge on any atom is 0.290 e. The Morgan fingerprint density at radius 3 is 2.83 bits per heavy atom. The standard InChI is InChI=1S/C7H5N3O2/c1-5-6(4-8)7(10(11)12)2-3-9-5/h2-3H,1H3. The second-order valence-electron chi connectivity index (χ2n) is 2.16. The monoisotopic (exact) mass is 163 g/mol. The summed E-state index contributed by atoms with van der Waals surface area (Å²) in [5.41, 5.74) is 0.221. The molecule has 0 amide bonds. The predicted octanol–water partition coefficient (Wildman–Crippen LogP) is 1.17. The molecule has 5 heteroatoms. The van der Waals surface area contributed by atoms with Crippen molar-refractivity contribution in [3.63, 3.8) is 0 Å². The number of hydrogen-bond donors (Lipinski definition) is 0. The zero-order valence-corrected chi connectivity index (χ0v) is 6.31. The fourth-order valence-electron chi connectivity index (χ4n) is 0.843. The number of nitriles is 1. The molecule has 0 radical (unpaired) electrons. The van der Waals surface area contributed by atoms with Crippen LogP contribution in [-0.4, -0.2) is 9.91 Å². The van der Waals surface area contributed by atoms with Gasteiger partial charge in [0.15, 0.2) is 5.56 Å². The van der Waals surface area contributed by atoms with Crippen molar-refractivity contribution in [2.45, 2.75) is 6.92 Å². The number of aromatic nitrogens is 1. The first-order chi connectivity index (χ1) is 5.66. The molecule has 0 saturated carbocycles. The molecule has 0 fully saturated rings. The molecule has 1 aromatic heterocycles. The van der Waals surface area contributed by atoms with Crippen LogP contribution in [0.15, 0.2) is 12.3 Å². The highest BCUT2D eigenvalue weighted by molar-refractivity contribution is 5.49. The first-order valence-corrected chi connectivity index (χ1v) is 3.17. The van der Waals surface area contributed by atoms with Gasteiger partial charge in [0.25, 0.3) is 5.69 Å². The molecule has 0 unspecified atom stereocenters. The van der Waals surface area contributed by atoms with E-state index in [4.69, 9.17) is 5.26 Å². The van der Waals surface area contributed by atoms with E-state index >= 15 is 0 Å². The normalized spacial score (nSPS) is 9.00. The van der Waals surface area contributed by atoms with Gasteiger partial charge in [-0.1, -0.05) is 0 Å². The van der Waals surface area contributed by atoms with E-state index in [0.29, 0.717) is 5.69 Å². The SMILES string of the molecule is Cc1nccc([N+](=O)[O-])c1C#N. The van der Waals surface area contributed by atoms with E-state index in [1.165, 1.54) is 12.3 Å². The number of nitrogens with zero attached hydrogens (tertiary/aromatic N) is 3. The van der Waals surface area contributed by atoms with Crippen molar-refractivity contribution < 1.29 is 4.92 Å². The molecule has 0 aliphatic rings. The second kappa shape index (κ2) is 2.96. The maximum absolute atomic E-state index is 10.4. The quantitative estimate of drug-likeness (QED) is 0.459. The summed E-state index contributed by atoms with van der Waals surface area (Å²) in [4.78, 5) is 13.5. The maximum atomic E-state index is 10.4. The minimum absolute atomic E-state index is 0.0301. The molecular formula is C7H5N3O2. The Labute approximate surface area is 68.4 Å². The van der Waals surface area contributed by atoms with Crippen LogP contribution in [0, 0.1) is 28.4 Å². The van der Waals surface area contributed by atoms with E-state index < -0.39 is 4.92 Å². The Balaban J connectivity index is 3.40. The summed E-state index contributed by atoms with van der Waals surface area (Å²) < 4.78 is 0. The molecule has 0 aliphatic carbocycles. The van der Waals surface area contributed by atoms with E-state index in [-0.39, 0.29) is 11.3 Å². The Bertz CT molecular complexity index is 367. The van der Waals surface area contributed by atoms with Gasteiger partial charge in [0.2, 0.25) is 0 Å². The van der Waals surface area contributed by atoms with Crippen LogP contribution in [-0.2, 0) is 0 Å². The van der Waals surface area contributed by atoms with Gasteiger partial charge in [-0.05, 0) is 6.92 Å². The van der Waals surface area contributed by atoms with E-state index in [9.17, 15) is 10.1 Å². The smallest absolute Gasteiger partial charge is 0.260 e. The van der Waals surface area contributed by atoms with Crippen molar-refractivity contribution in [2.24, 2.45) is 0 Å². The van der Waals surface area contributed by atoms with Crippen molar-refractivity contribution in [1.82, 2.24) is 4.98 Å². The summed E-state index contributed by atoms with van der Waals surface area (Å²) in [7, 11) is 0. The number of hydrogen-bond acceptors (Lipinski definition) is 4. The lowest BCUT2D eigenvalue weighted by molar-refractivity contribution is -0.385. The highest BCUT2D eigenvalue weighted by Gasteiger charge is 2.15. The molecule has 12 heavy (non-hydrogen) atoms. The summed E-state index contributed by atoms with van der Waals surface area (Å²) in [5.74, 6) is 0. The molecule has 0 spiro atoms. The van der Waals surface area contributed by atoms with Crippen LogP contribution in [0.5, 0.6) is 0 Å². The topological polar surface area (TPSA) is 79.8 Å². The largest absolute Gasteiger partial charge is 0.290 e. The fraction of sp³-hybridized carbons (Fsp3) is 0.143. The van der Waals surface area contributed by atoms with Gasteiger partial charge in [0, 0.05) is 12.3 Å². The number of nitro groups is 1. The molecule has 0 saturated heterocycles. The molecule has 60 valence electrons. The summed E-state index contributed by atoms with van der Waals surface area (Å²) in [6, 6.07) is 2.95. The average molecular weight is 163 g/mol. The molecule has 0 bridgehead atoms. The second-order valence-corrected chi connectivity index (χ2v) is 2.16. The third kappa shape index (κ3) is 1.22. The number of pyridine rings is 1. The van der Waals surface area contributed by atoms with Gasteiger partial charge in [-0.2, -0.15) is 5.26 Å². The summed E-state index contributed by atoms with van der Waals surface area (Å²) in [6.07, 6.45) is 1.31. The van der Waals surface area contributed by atoms with Crippen LogP contribution < -0.4 is 0 Å². The molecule has 0 atom stereocenters. The molecule has 0 aromatic carbocycles. The zero-order valence-electron chi connectivity index (χ0n) is 6.31. The van der Waals surface area contributed by atoms with Crippen molar-refractivity contribution >= 4 is 5.69 Å². The van der Waals surface area contributed by atoms with Crippen LogP contribution >= 0.6 is 0 Å². The van der Waals surface area contributed by atoms with Crippen LogP contribution in [0.25, 0.3) is 0 Å². The third-order valence-corrected chi connectivity index (χ3v) is 1.43. The summed E-state index contributed by atoms with van der Waals surface area (Å²) in [6.45, 7) is 1.56. The first-order valence-electron chi connectivity index (χ1n) is 3.17. The van der Waals surface area contributed by atoms with E-state index in [1.807, 2.05) is 0 Å². The van der Waals surface area contributed by atoms with E-state index in [0.717, 1.165) is 0 Å². The van der Waals surface area contributed by atoms with Gasteiger partial charge < -0.3 is 0 Å². The van der Waals surface area contributed by atoms with Crippen LogP contribution in [0.3, 0.4) is 0 Å².